The van der Waals surface area contributed by atoms with Crippen molar-refractivity contribution in [2.24, 2.45) is 0 Å². The topological polar surface area (TPSA) is 12.9 Å². The molecular formula is C17H17N. The van der Waals surface area contributed by atoms with E-state index in [0.717, 1.165) is 16.7 Å². The smallest absolute Gasteiger partial charge is 0.0267 e. The van der Waals surface area contributed by atoms with Gasteiger partial charge in [-0.15, -0.1) is 0 Å². The Labute approximate surface area is 109 Å². The van der Waals surface area contributed by atoms with Crippen molar-refractivity contribution in [1.29, 1.82) is 0 Å². The molecule has 0 atom stereocenters. The molecule has 1 aromatic carbocycles. The van der Waals surface area contributed by atoms with E-state index in [9.17, 15) is 0 Å². The van der Waals surface area contributed by atoms with Crippen LogP contribution < -0.4 is 0 Å². The summed E-state index contributed by atoms with van der Waals surface area (Å²) in [5.74, 6) is 0. The average Bonchev–Trinajstić information content (AvgIpc) is 2.48. The van der Waals surface area contributed by atoms with Crippen molar-refractivity contribution >= 4 is 18.2 Å². The van der Waals surface area contributed by atoms with Crippen molar-refractivity contribution in [2.75, 3.05) is 0 Å². The molecule has 0 N–H and O–H groups in total. The van der Waals surface area contributed by atoms with Crippen molar-refractivity contribution < 1.29 is 0 Å². The van der Waals surface area contributed by atoms with Gasteiger partial charge in [0, 0.05) is 12.4 Å². The van der Waals surface area contributed by atoms with Gasteiger partial charge in [0.15, 0.2) is 0 Å². The lowest BCUT2D eigenvalue weighted by Gasteiger charge is -2.03. The molecule has 0 aliphatic rings. The summed E-state index contributed by atoms with van der Waals surface area (Å²) in [5.41, 5.74) is 3.30. The summed E-state index contributed by atoms with van der Waals surface area (Å²) < 4.78 is 0. The molecule has 0 amide bonds. The Morgan fingerprint density at radius 1 is 0.722 bits per heavy atom. The van der Waals surface area contributed by atoms with Crippen LogP contribution in [0.3, 0.4) is 0 Å². The molecule has 90 valence electrons. The van der Waals surface area contributed by atoms with Gasteiger partial charge >= 0.3 is 0 Å². The first-order valence-electron chi connectivity index (χ1n) is 5.68. The van der Waals surface area contributed by atoms with E-state index in [1.165, 1.54) is 0 Å². The van der Waals surface area contributed by atoms with Crippen LogP contribution in [0.4, 0.5) is 0 Å². The van der Waals surface area contributed by atoms with Crippen LogP contribution >= 0.6 is 0 Å². The molecule has 0 saturated carbocycles. The summed E-state index contributed by atoms with van der Waals surface area (Å²) in [6.45, 7) is 11.2. The van der Waals surface area contributed by atoms with Crippen LogP contribution in [-0.2, 0) is 0 Å². The van der Waals surface area contributed by atoms with E-state index in [2.05, 4.69) is 24.7 Å². The van der Waals surface area contributed by atoms with Gasteiger partial charge in [-0.05, 0) is 28.8 Å². The molecule has 0 unspecified atom stereocenters. The fourth-order valence-corrected chi connectivity index (χ4v) is 1.51. The summed E-state index contributed by atoms with van der Waals surface area (Å²) in [5, 5.41) is 0. The number of nitrogens with zero attached hydrogens (tertiary/aromatic N) is 1. The van der Waals surface area contributed by atoms with Gasteiger partial charge < -0.3 is 0 Å². The van der Waals surface area contributed by atoms with Gasteiger partial charge in [0.2, 0.25) is 0 Å². The molecule has 0 aliphatic carbocycles. The second-order valence-corrected chi connectivity index (χ2v) is 3.49. The molecule has 1 heterocycles. The van der Waals surface area contributed by atoms with Gasteiger partial charge in [0.05, 0.1) is 0 Å². The Kier molecular flexibility index (Phi) is 5.91. The summed E-state index contributed by atoms with van der Waals surface area (Å²) in [6.07, 6.45) is 8.97. The highest BCUT2D eigenvalue weighted by Crippen LogP contribution is 2.17. The first-order chi connectivity index (χ1) is 8.83. The van der Waals surface area contributed by atoms with Crippen LogP contribution in [0.2, 0.25) is 0 Å². The zero-order chi connectivity index (χ0) is 13.2. The molecule has 0 bridgehead atoms. The second kappa shape index (κ2) is 7.80. The van der Waals surface area contributed by atoms with E-state index in [0.29, 0.717) is 0 Å². The second-order valence-electron chi connectivity index (χ2n) is 3.49. The number of hydrogen-bond acceptors (Lipinski definition) is 1. The molecule has 0 saturated heterocycles. The molecule has 0 spiro atoms. The summed E-state index contributed by atoms with van der Waals surface area (Å²) >= 11 is 0. The van der Waals surface area contributed by atoms with Gasteiger partial charge in [-0.3, -0.25) is 4.98 Å². The predicted molar refractivity (Wildman–Crippen MR) is 81.0 cm³/mol. The molecular weight excluding hydrogens is 218 g/mol. The van der Waals surface area contributed by atoms with E-state index in [1.807, 2.05) is 54.6 Å². The van der Waals surface area contributed by atoms with E-state index in [-0.39, 0.29) is 0 Å². The molecule has 0 radical (unpaired) electrons. The van der Waals surface area contributed by atoms with Crippen LogP contribution in [0, 0.1) is 0 Å². The Morgan fingerprint density at radius 2 is 1.28 bits per heavy atom. The SMILES string of the molecule is C=Cc1cccc(C=C)c1C=C.c1ccncc1. The minimum atomic E-state index is 1.10. The molecule has 0 aliphatic heterocycles. The molecule has 0 fully saturated rings. The third-order valence-electron chi connectivity index (χ3n) is 2.38. The third-order valence-corrected chi connectivity index (χ3v) is 2.38. The highest BCUT2D eigenvalue weighted by molar-refractivity contribution is 5.72. The zero-order valence-electron chi connectivity index (χ0n) is 10.4. The summed E-state index contributed by atoms with van der Waals surface area (Å²) in [4.78, 5) is 3.78. The van der Waals surface area contributed by atoms with Crippen LogP contribution in [0.25, 0.3) is 18.2 Å². The van der Waals surface area contributed by atoms with Gasteiger partial charge in [-0.25, -0.2) is 0 Å². The standard InChI is InChI=1S/C12H12.C5H5N/c1-4-10-8-7-9-11(5-2)12(10)6-3;1-2-4-6-5-3-1/h4-9H,1-3H2;1-5H. The van der Waals surface area contributed by atoms with Crippen LogP contribution in [0.15, 0.2) is 68.5 Å². The molecule has 2 aromatic rings. The molecule has 1 nitrogen and oxygen atoms in total. The number of benzene rings is 1. The average molecular weight is 235 g/mol. The predicted octanol–water partition coefficient (Wildman–Crippen LogP) is 4.70. The fourth-order valence-electron chi connectivity index (χ4n) is 1.51. The highest BCUT2D eigenvalue weighted by atomic mass is 14.6. The maximum absolute atomic E-state index is 3.78. The Hall–Kier alpha value is -2.41. The first-order valence-corrected chi connectivity index (χ1v) is 5.68. The number of pyridine rings is 1. The summed E-state index contributed by atoms with van der Waals surface area (Å²) in [6, 6.07) is 11.7. The molecule has 18 heavy (non-hydrogen) atoms. The number of rotatable bonds is 3. The maximum atomic E-state index is 3.78. The van der Waals surface area contributed by atoms with Gasteiger partial charge in [-0.2, -0.15) is 0 Å². The third kappa shape index (κ3) is 3.87. The van der Waals surface area contributed by atoms with E-state index >= 15 is 0 Å². The van der Waals surface area contributed by atoms with Gasteiger partial charge in [0.1, 0.15) is 0 Å². The van der Waals surface area contributed by atoms with Crippen molar-refractivity contribution in [3.8, 4) is 0 Å². The van der Waals surface area contributed by atoms with E-state index < -0.39 is 0 Å². The minimum Gasteiger partial charge on any atom is -0.265 e. The largest absolute Gasteiger partial charge is 0.265 e. The van der Waals surface area contributed by atoms with E-state index in [1.54, 1.807) is 12.4 Å². The lowest BCUT2D eigenvalue weighted by atomic mass is 10.0. The van der Waals surface area contributed by atoms with Crippen LogP contribution in [-0.4, -0.2) is 4.98 Å². The van der Waals surface area contributed by atoms with Gasteiger partial charge in [0.25, 0.3) is 0 Å². The highest BCUT2D eigenvalue weighted by Gasteiger charge is 1.97. The van der Waals surface area contributed by atoms with Crippen molar-refractivity contribution in [1.82, 2.24) is 4.98 Å². The summed E-state index contributed by atoms with van der Waals surface area (Å²) in [7, 11) is 0. The minimum absolute atomic E-state index is 1.10. The van der Waals surface area contributed by atoms with Gasteiger partial charge in [-0.1, -0.05) is 62.2 Å². The fraction of sp³-hybridized carbons (Fsp3) is 0. The Balaban J connectivity index is 0.000000225. The monoisotopic (exact) mass is 235 g/mol. The van der Waals surface area contributed by atoms with Crippen LogP contribution in [0.5, 0.6) is 0 Å². The molecule has 2 rings (SSSR count). The molecule has 1 heteroatoms. The quantitative estimate of drug-likeness (QED) is 0.751. The van der Waals surface area contributed by atoms with Crippen molar-refractivity contribution in [3.05, 3.63) is 85.2 Å². The Bertz CT molecular complexity index is 459. The van der Waals surface area contributed by atoms with Crippen LogP contribution in [0.1, 0.15) is 16.7 Å². The van der Waals surface area contributed by atoms with Crippen molar-refractivity contribution in [2.45, 2.75) is 0 Å². The van der Waals surface area contributed by atoms with E-state index in [4.69, 9.17) is 0 Å². The zero-order valence-corrected chi connectivity index (χ0v) is 10.4. The number of hydrogen-bond donors (Lipinski definition) is 0. The van der Waals surface area contributed by atoms with Crippen molar-refractivity contribution in [3.63, 3.8) is 0 Å². The maximum Gasteiger partial charge on any atom is 0.0267 e. The first kappa shape index (κ1) is 13.7. The molecule has 1 aromatic heterocycles. The Morgan fingerprint density at radius 3 is 1.56 bits per heavy atom. The normalized spacial score (nSPS) is 8.67. The lowest BCUT2D eigenvalue weighted by molar-refractivity contribution is 1.33. The number of aromatic nitrogens is 1. The lowest BCUT2D eigenvalue weighted by Crippen LogP contribution is -1.84.